The first-order valence-electron chi connectivity index (χ1n) is 8.60. The zero-order valence-corrected chi connectivity index (χ0v) is 13.4. The van der Waals surface area contributed by atoms with Crippen LogP contribution in [0.2, 0.25) is 0 Å². The SMILES string of the molecule is NC(=O)c1ccc(N2CCN(C[C@H]3C[C@@H]4C=C[C@H]3C4)CC2)nc1. The molecule has 4 rings (SSSR count). The number of hydrogen-bond donors (Lipinski definition) is 1. The molecule has 1 saturated carbocycles. The highest BCUT2D eigenvalue weighted by Crippen LogP contribution is 2.43. The lowest BCUT2D eigenvalue weighted by molar-refractivity contribution is 0.1000. The van der Waals surface area contributed by atoms with Crippen molar-refractivity contribution in [2.75, 3.05) is 37.6 Å². The zero-order valence-electron chi connectivity index (χ0n) is 13.4. The summed E-state index contributed by atoms with van der Waals surface area (Å²) in [5.74, 6) is 3.08. The number of pyridine rings is 1. The van der Waals surface area contributed by atoms with Crippen LogP contribution in [0.3, 0.4) is 0 Å². The van der Waals surface area contributed by atoms with Crippen LogP contribution in [0.4, 0.5) is 5.82 Å². The Bertz CT molecular complexity index is 604. The zero-order chi connectivity index (χ0) is 15.8. The fourth-order valence-corrected chi connectivity index (χ4v) is 4.31. The third-order valence-corrected chi connectivity index (χ3v) is 5.64. The Balaban J connectivity index is 1.30. The van der Waals surface area contributed by atoms with Crippen LogP contribution < -0.4 is 10.6 Å². The van der Waals surface area contributed by atoms with E-state index in [1.165, 1.54) is 19.4 Å². The molecule has 23 heavy (non-hydrogen) atoms. The number of nitrogens with two attached hydrogens (primary N) is 1. The van der Waals surface area contributed by atoms with Crippen molar-refractivity contribution < 1.29 is 4.79 Å². The van der Waals surface area contributed by atoms with Gasteiger partial charge in [0.25, 0.3) is 0 Å². The Morgan fingerprint density at radius 3 is 2.57 bits per heavy atom. The number of nitrogens with zero attached hydrogens (tertiary/aromatic N) is 3. The van der Waals surface area contributed by atoms with Gasteiger partial charge in [0.15, 0.2) is 0 Å². The molecule has 0 unspecified atom stereocenters. The minimum Gasteiger partial charge on any atom is -0.366 e. The van der Waals surface area contributed by atoms with Crippen LogP contribution in [0, 0.1) is 17.8 Å². The van der Waals surface area contributed by atoms with Gasteiger partial charge in [0.2, 0.25) is 5.91 Å². The summed E-state index contributed by atoms with van der Waals surface area (Å²) in [5, 5.41) is 0. The van der Waals surface area contributed by atoms with E-state index in [9.17, 15) is 4.79 Å². The lowest BCUT2D eigenvalue weighted by Crippen LogP contribution is -2.48. The van der Waals surface area contributed by atoms with Gasteiger partial charge < -0.3 is 10.6 Å². The highest BCUT2D eigenvalue weighted by atomic mass is 16.1. The van der Waals surface area contributed by atoms with Crippen molar-refractivity contribution in [3.63, 3.8) is 0 Å². The van der Waals surface area contributed by atoms with Gasteiger partial charge in [0.1, 0.15) is 5.82 Å². The van der Waals surface area contributed by atoms with Crippen LogP contribution in [0.15, 0.2) is 30.5 Å². The molecular formula is C18H24N4O. The molecule has 3 aliphatic rings. The molecule has 5 heteroatoms. The highest BCUT2D eigenvalue weighted by Gasteiger charge is 2.36. The fraction of sp³-hybridized carbons (Fsp3) is 0.556. The molecule has 2 bridgehead atoms. The van der Waals surface area contributed by atoms with Gasteiger partial charge in [-0.1, -0.05) is 12.2 Å². The predicted octanol–water partition coefficient (Wildman–Crippen LogP) is 1.51. The number of carbonyl (C=O) groups excluding carboxylic acids is 1. The fourth-order valence-electron chi connectivity index (χ4n) is 4.31. The predicted molar refractivity (Wildman–Crippen MR) is 90.3 cm³/mol. The Morgan fingerprint density at radius 1 is 1.17 bits per heavy atom. The van der Waals surface area contributed by atoms with Gasteiger partial charge in [0, 0.05) is 38.9 Å². The molecule has 0 radical (unpaired) electrons. The van der Waals surface area contributed by atoms with Gasteiger partial charge in [-0.25, -0.2) is 4.98 Å². The van der Waals surface area contributed by atoms with E-state index in [4.69, 9.17) is 5.73 Å². The van der Waals surface area contributed by atoms with Crippen molar-refractivity contribution in [3.8, 4) is 0 Å². The summed E-state index contributed by atoms with van der Waals surface area (Å²) < 4.78 is 0. The second-order valence-electron chi connectivity index (χ2n) is 7.10. The number of allylic oxidation sites excluding steroid dienone is 2. The van der Waals surface area contributed by atoms with Crippen molar-refractivity contribution in [2.24, 2.45) is 23.5 Å². The molecule has 0 aromatic carbocycles. The average molecular weight is 312 g/mol. The number of primary amides is 1. The summed E-state index contributed by atoms with van der Waals surface area (Å²) in [6, 6.07) is 3.66. The van der Waals surface area contributed by atoms with Crippen LogP contribution in [-0.2, 0) is 0 Å². The molecule has 1 saturated heterocycles. The third kappa shape index (κ3) is 2.98. The van der Waals surface area contributed by atoms with Crippen molar-refractivity contribution in [2.45, 2.75) is 12.8 Å². The molecule has 1 aliphatic heterocycles. The number of hydrogen-bond acceptors (Lipinski definition) is 4. The van der Waals surface area contributed by atoms with Gasteiger partial charge in [-0.15, -0.1) is 0 Å². The van der Waals surface area contributed by atoms with Crippen LogP contribution in [0.5, 0.6) is 0 Å². The smallest absolute Gasteiger partial charge is 0.250 e. The topological polar surface area (TPSA) is 62.5 Å². The average Bonchev–Trinajstić information content (AvgIpc) is 3.18. The van der Waals surface area contributed by atoms with Crippen molar-refractivity contribution in [1.82, 2.24) is 9.88 Å². The first-order valence-corrected chi connectivity index (χ1v) is 8.60. The first-order chi connectivity index (χ1) is 11.2. The number of amides is 1. The summed E-state index contributed by atoms with van der Waals surface area (Å²) in [4.78, 5) is 20.4. The van der Waals surface area contributed by atoms with Gasteiger partial charge in [-0.3, -0.25) is 9.69 Å². The summed E-state index contributed by atoms with van der Waals surface area (Å²) in [6.07, 6.45) is 9.21. The lowest BCUT2D eigenvalue weighted by atomic mass is 9.93. The molecule has 2 heterocycles. The molecule has 5 nitrogen and oxygen atoms in total. The highest BCUT2D eigenvalue weighted by molar-refractivity contribution is 5.92. The van der Waals surface area contributed by atoms with E-state index in [2.05, 4.69) is 26.9 Å². The molecule has 1 aromatic heterocycles. The number of carbonyl (C=O) groups is 1. The second kappa shape index (κ2) is 5.96. The molecular weight excluding hydrogens is 288 g/mol. The number of fused-ring (bicyclic) bond motifs is 2. The molecule has 3 atom stereocenters. The molecule has 0 spiro atoms. The maximum Gasteiger partial charge on any atom is 0.250 e. The van der Waals surface area contributed by atoms with Crippen LogP contribution in [-0.4, -0.2) is 48.5 Å². The standard InChI is InChI=1S/C18H24N4O/c19-18(23)15-3-4-17(20-11-15)22-7-5-21(6-8-22)12-16-10-13-1-2-14(16)9-13/h1-4,11,13-14,16H,5-10,12H2,(H2,19,23)/t13-,14+,16-/m1/s1. The van der Waals surface area contributed by atoms with Crippen molar-refractivity contribution >= 4 is 11.7 Å². The van der Waals surface area contributed by atoms with E-state index in [-0.39, 0.29) is 0 Å². The van der Waals surface area contributed by atoms with Crippen molar-refractivity contribution in [3.05, 3.63) is 36.0 Å². The summed E-state index contributed by atoms with van der Waals surface area (Å²) in [5.41, 5.74) is 5.73. The molecule has 1 aromatic rings. The minimum absolute atomic E-state index is 0.422. The third-order valence-electron chi connectivity index (χ3n) is 5.64. The number of rotatable bonds is 4. The lowest BCUT2D eigenvalue weighted by Gasteiger charge is -2.37. The summed E-state index contributed by atoms with van der Waals surface area (Å²) in [6.45, 7) is 5.43. The summed E-state index contributed by atoms with van der Waals surface area (Å²) >= 11 is 0. The number of aromatic nitrogens is 1. The first kappa shape index (κ1) is 14.7. The molecule has 122 valence electrons. The van der Waals surface area contributed by atoms with Gasteiger partial charge in [0.05, 0.1) is 5.56 Å². The van der Waals surface area contributed by atoms with E-state index in [0.29, 0.717) is 5.56 Å². The second-order valence-corrected chi connectivity index (χ2v) is 7.10. The van der Waals surface area contributed by atoms with E-state index in [1.807, 2.05) is 6.07 Å². The number of piperazine rings is 1. The van der Waals surface area contributed by atoms with Gasteiger partial charge in [-0.05, 0) is 42.7 Å². The quantitative estimate of drug-likeness (QED) is 0.856. The monoisotopic (exact) mass is 312 g/mol. The van der Waals surface area contributed by atoms with E-state index >= 15 is 0 Å². The Labute approximate surface area is 137 Å². The van der Waals surface area contributed by atoms with E-state index in [0.717, 1.165) is 49.8 Å². The van der Waals surface area contributed by atoms with Gasteiger partial charge in [-0.2, -0.15) is 0 Å². The van der Waals surface area contributed by atoms with Crippen molar-refractivity contribution in [1.29, 1.82) is 0 Å². The Morgan fingerprint density at radius 2 is 2.00 bits per heavy atom. The molecule has 2 aliphatic carbocycles. The number of anilines is 1. The van der Waals surface area contributed by atoms with Gasteiger partial charge >= 0.3 is 0 Å². The molecule has 1 amide bonds. The van der Waals surface area contributed by atoms with Crippen LogP contribution in [0.25, 0.3) is 0 Å². The van der Waals surface area contributed by atoms with Crippen LogP contribution >= 0.6 is 0 Å². The minimum atomic E-state index is -0.422. The maximum atomic E-state index is 11.1. The Hall–Kier alpha value is -1.88. The maximum absolute atomic E-state index is 11.1. The van der Waals surface area contributed by atoms with E-state index < -0.39 is 5.91 Å². The summed E-state index contributed by atoms with van der Waals surface area (Å²) in [7, 11) is 0. The molecule has 2 N–H and O–H groups in total. The van der Waals surface area contributed by atoms with Crippen LogP contribution in [0.1, 0.15) is 23.2 Å². The molecule has 2 fully saturated rings. The largest absolute Gasteiger partial charge is 0.366 e. The van der Waals surface area contributed by atoms with E-state index in [1.54, 1.807) is 12.3 Å². The Kier molecular flexibility index (Phi) is 3.81. The normalized spacial score (nSPS) is 30.1.